The van der Waals surface area contributed by atoms with Crippen LogP contribution < -0.4 is 0 Å². The molecule has 3 unspecified atom stereocenters. The zero-order valence-corrected chi connectivity index (χ0v) is 15.1. The molecule has 0 aromatic carbocycles. The van der Waals surface area contributed by atoms with Crippen LogP contribution in [0.2, 0.25) is 0 Å². The summed E-state index contributed by atoms with van der Waals surface area (Å²) in [6.07, 6.45) is 1.87. The molecular formula is C15H33NO2S. The highest BCUT2D eigenvalue weighted by Gasteiger charge is 2.29. The molecule has 0 saturated carbocycles. The molecule has 0 rings (SSSR count). The van der Waals surface area contributed by atoms with E-state index >= 15 is 0 Å². The second-order valence-corrected chi connectivity index (χ2v) is 10.0. The lowest BCUT2D eigenvalue weighted by Crippen LogP contribution is -2.49. The predicted octanol–water partition coefficient (Wildman–Crippen LogP) is 3.19. The Bertz CT molecular complexity index is 374. The zero-order valence-electron chi connectivity index (χ0n) is 14.2. The van der Waals surface area contributed by atoms with Crippen LogP contribution in [0.3, 0.4) is 0 Å². The van der Waals surface area contributed by atoms with E-state index in [2.05, 4.69) is 54.3 Å². The molecule has 3 nitrogen and oxygen atoms in total. The Morgan fingerprint density at radius 3 is 1.84 bits per heavy atom. The minimum atomic E-state index is -2.24. The van der Waals surface area contributed by atoms with E-state index in [0.717, 1.165) is 0 Å². The van der Waals surface area contributed by atoms with Gasteiger partial charge in [-0.2, -0.15) is 0 Å². The van der Waals surface area contributed by atoms with Gasteiger partial charge in [-0.15, -0.1) is 0 Å². The van der Waals surface area contributed by atoms with Crippen LogP contribution in [0.25, 0.3) is 0 Å². The maximum Gasteiger partial charge on any atom is 0.0688 e. The number of hydrogen-bond acceptors (Lipinski definition) is 2. The van der Waals surface area contributed by atoms with E-state index in [-0.39, 0.29) is 23.2 Å². The van der Waals surface area contributed by atoms with Crippen molar-refractivity contribution in [2.75, 3.05) is 12.8 Å². The Labute approximate surface area is 120 Å². The Morgan fingerprint density at radius 1 is 1.16 bits per heavy atom. The van der Waals surface area contributed by atoms with E-state index in [9.17, 15) is 4.21 Å². The average Bonchev–Trinajstić information content (AvgIpc) is 2.08. The molecule has 0 saturated heterocycles. The Balaban J connectivity index is 4.82. The Hall–Kier alpha value is -0.0600. The van der Waals surface area contributed by atoms with Gasteiger partial charge in [0, 0.05) is 28.0 Å². The van der Waals surface area contributed by atoms with E-state index in [1.54, 1.807) is 6.26 Å². The van der Waals surface area contributed by atoms with Crippen LogP contribution in [0.15, 0.2) is 0 Å². The van der Waals surface area contributed by atoms with Gasteiger partial charge in [0.15, 0.2) is 0 Å². The quantitative estimate of drug-likeness (QED) is 0.728. The number of nitrogens with zero attached hydrogens (tertiary/aromatic N) is 1. The smallest absolute Gasteiger partial charge is 0.0688 e. The topological polar surface area (TPSA) is 29.5 Å². The average molecular weight is 292 g/mol. The molecule has 19 heavy (non-hydrogen) atoms. The summed E-state index contributed by atoms with van der Waals surface area (Å²) >= 11 is 0. The summed E-state index contributed by atoms with van der Waals surface area (Å²) < 4.78 is 20.3. The molecule has 0 aromatic rings. The second kappa shape index (κ2) is 6.15. The van der Waals surface area contributed by atoms with Crippen molar-refractivity contribution < 1.29 is 8.95 Å². The zero-order chi connectivity index (χ0) is 15.6. The van der Waals surface area contributed by atoms with E-state index in [1.807, 2.05) is 11.2 Å². The van der Waals surface area contributed by atoms with E-state index in [4.69, 9.17) is 4.74 Å². The summed E-state index contributed by atoms with van der Waals surface area (Å²) in [6.45, 7) is 17.4. The first kappa shape index (κ1) is 18.9. The number of hydrogen-bond donors (Lipinski definition) is 0. The van der Waals surface area contributed by atoms with Crippen LogP contribution in [-0.4, -0.2) is 44.9 Å². The van der Waals surface area contributed by atoms with Gasteiger partial charge in [-0.1, -0.05) is 20.8 Å². The first-order chi connectivity index (χ1) is 8.15. The maximum absolute atomic E-state index is 12.3. The molecule has 0 aliphatic heterocycles. The van der Waals surface area contributed by atoms with Gasteiger partial charge in [0.2, 0.25) is 0 Å². The maximum atomic E-state index is 12.3. The molecule has 0 aliphatic rings. The van der Waals surface area contributed by atoms with Gasteiger partial charge >= 0.3 is 0 Å². The molecule has 0 amide bonds. The molecule has 0 N–H and O–H groups in total. The van der Waals surface area contributed by atoms with Crippen LogP contribution in [0.5, 0.6) is 0 Å². The molecule has 0 heterocycles. The fraction of sp³-hybridized carbons (Fsp3) is 0.933. The summed E-state index contributed by atoms with van der Waals surface area (Å²) in [5.41, 5.74) is -0.0743. The van der Waals surface area contributed by atoms with Gasteiger partial charge in [0.1, 0.15) is 0 Å². The van der Waals surface area contributed by atoms with Gasteiger partial charge in [0.25, 0.3) is 0 Å². The highest BCUT2D eigenvalue weighted by atomic mass is 32.2. The standard InChI is InChI=1S/C15H33NO2S/c1-12(18-13(2)14(3,4)5)11-16(15(6,7)8)19(9,10)17/h12-13H,9,11H2,1-8,10H3. The van der Waals surface area contributed by atoms with Crippen LogP contribution in [0.1, 0.15) is 55.4 Å². The van der Waals surface area contributed by atoms with Crippen molar-refractivity contribution in [3.8, 4) is 0 Å². The minimum Gasteiger partial charge on any atom is -0.374 e. The summed E-state index contributed by atoms with van der Waals surface area (Å²) in [4.78, 5) is 0. The van der Waals surface area contributed by atoms with Crippen molar-refractivity contribution in [1.29, 1.82) is 0 Å². The molecule has 116 valence electrons. The lowest BCUT2D eigenvalue weighted by atomic mass is 9.90. The number of ether oxygens (including phenoxy) is 1. The lowest BCUT2D eigenvalue weighted by molar-refractivity contribution is -0.0566. The van der Waals surface area contributed by atoms with Gasteiger partial charge < -0.3 is 4.74 Å². The minimum absolute atomic E-state index is 0.0241. The summed E-state index contributed by atoms with van der Waals surface area (Å²) in [6, 6.07) is 0. The molecule has 0 aliphatic carbocycles. The van der Waals surface area contributed by atoms with Crippen molar-refractivity contribution in [2.45, 2.75) is 73.1 Å². The monoisotopic (exact) mass is 291 g/mol. The molecular weight excluding hydrogens is 258 g/mol. The van der Waals surface area contributed by atoms with Crippen LogP contribution in [0.4, 0.5) is 0 Å². The first-order valence-electron chi connectivity index (χ1n) is 6.91. The van der Waals surface area contributed by atoms with Crippen molar-refractivity contribution >= 4 is 15.6 Å². The highest BCUT2D eigenvalue weighted by Crippen LogP contribution is 2.24. The molecule has 0 bridgehead atoms. The fourth-order valence-corrected chi connectivity index (χ4v) is 3.52. The normalized spacial score (nSPS) is 20.1. The van der Waals surface area contributed by atoms with Crippen LogP contribution in [-0.2, 0) is 14.4 Å². The number of rotatable bonds is 5. The lowest BCUT2D eigenvalue weighted by Gasteiger charge is -2.39. The van der Waals surface area contributed by atoms with E-state index in [1.165, 1.54) is 0 Å². The molecule has 0 radical (unpaired) electrons. The van der Waals surface area contributed by atoms with Crippen molar-refractivity contribution in [1.82, 2.24) is 4.31 Å². The van der Waals surface area contributed by atoms with Crippen LogP contribution >= 0.6 is 0 Å². The largest absolute Gasteiger partial charge is 0.374 e. The second-order valence-electron chi connectivity index (χ2n) is 7.65. The van der Waals surface area contributed by atoms with Gasteiger partial charge in [-0.3, -0.25) is 4.21 Å². The SMILES string of the molecule is C=S(C)(=O)N(CC(C)OC(C)C(C)(C)C)C(C)(C)C. The van der Waals surface area contributed by atoms with Crippen molar-refractivity contribution in [3.05, 3.63) is 0 Å². The van der Waals surface area contributed by atoms with E-state index in [0.29, 0.717) is 6.54 Å². The third-order valence-electron chi connectivity index (χ3n) is 3.29. The van der Waals surface area contributed by atoms with E-state index < -0.39 is 9.71 Å². The van der Waals surface area contributed by atoms with Crippen molar-refractivity contribution in [3.63, 3.8) is 0 Å². The predicted molar refractivity (Wildman–Crippen MR) is 87.1 cm³/mol. The van der Waals surface area contributed by atoms with Crippen molar-refractivity contribution in [2.24, 2.45) is 5.41 Å². The fourth-order valence-electron chi connectivity index (χ4n) is 1.84. The first-order valence-corrected chi connectivity index (χ1v) is 9.00. The highest BCUT2D eigenvalue weighted by molar-refractivity contribution is 7.97. The Kier molecular flexibility index (Phi) is 6.13. The third-order valence-corrected chi connectivity index (χ3v) is 4.92. The molecule has 0 fully saturated rings. The summed E-state index contributed by atoms with van der Waals surface area (Å²) in [5, 5.41) is 0. The summed E-state index contributed by atoms with van der Waals surface area (Å²) in [7, 11) is -2.24. The summed E-state index contributed by atoms with van der Waals surface area (Å²) in [5.74, 6) is 3.82. The third kappa shape index (κ3) is 6.77. The molecule has 0 spiro atoms. The molecule has 0 aromatic heterocycles. The van der Waals surface area contributed by atoms with Gasteiger partial charge in [0.05, 0.1) is 12.2 Å². The van der Waals surface area contributed by atoms with Gasteiger partial charge in [-0.05, 0) is 45.9 Å². The molecule has 4 heteroatoms. The van der Waals surface area contributed by atoms with Gasteiger partial charge in [-0.25, -0.2) is 4.31 Å². The Morgan fingerprint density at radius 2 is 1.58 bits per heavy atom. The molecule has 3 atom stereocenters. The van der Waals surface area contributed by atoms with Crippen LogP contribution in [0, 0.1) is 5.41 Å².